The first-order chi connectivity index (χ1) is 9.15. The molecule has 1 heterocycles. The summed E-state index contributed by atoms with van der Waals surface area (Å²) in [5.74, 6) is 0.480. The zero-order valence-corrected chi connectivity index (χ0v) is 11.1. The van der Waals surface area contributed by atoms with Crippen LogP contribution >= 0.6 is 0 Å². The Bertz CT molecular complexity index is 505. The third-order valence-corrected chi connectivity index (χ3v) is 3.79. The predicted molar refractivity (Wildman–Crippen MR) is 72.8 cm³/mol. The minimum atomic E-state index is -0.339. The summed E-state index contributed by atoms with van der Waals surface area (Å²) in [5.41, 5.74) is 1.79. The van der Waals surface area contributed by atoms with Crippen molar-refractivity contribution in [2.45, 2.75) is 32.2 Å². The molecule has 0 aromatic heterocycles. The number of amides is 2. The van der Waals surface area contributed by atoms with Gasteiger partial charge in [0.2, 0.25) is 5.91 Å². The lowest BCUT2D eigenvalue weighted by Gasteiger charge is -2.15. The van der Waals surface area contributed by atoms with E-state index < -0.39 is 0 Å². The van der Waals surface area contributed by atoms with Crippen LogP contribution in [0.15, 0.2) is 24.3 Å². The van der Waals surface area contributed by atoms with Gasteiger partial charge < -0.3 is 5.32 Å². The normalized spacial score (nSPS) is 23.2. The Morgan fingerprint density at radius 1 is 1.21 bits per heavy atom. The molecule has 1 atom stereocenters. The van der Waals surface area contributed by atoms with E-state index in [0.717, 1.165) is 12.1 Å². The van der Waals surface area contributed by atoms with Crippen molar-refractivity contribution in [2.24, 2.45) is 5.92 Å². The van der Waals surface area contributed by atoms with Crippen LogP contribution in [0.1, 0.15) is 24.8 Å². The van der Waals surface area contributed by atoms with Gasteiger partial charge in [-0.05, 0) is 44.4 Å². The van der Waals surface area contributed by atoms with E-state index in [1.54, 1.807) is 0 Å². The third kappa shape index (κ3) is 2.54. The monoisotopic (exact) mass is 258 g/mol. The molecule has 19 heavy (non-hydrogen) atoms. The lowest BCUT2D eigenvalue weighted by atomic mass is 10.2. The van der Waals surface area contributed by atoms with Gasteiger partial charge >= 0.3 is 0 Å². The van der Waals surface area contributed by atoms with Crippen LogP contribution in [0.25, 0.3) is 0 Å². The van der Waals surface area contributed by atoms with Crippen molar-refractivity contribution in [3.05, 3.63) is 29.8 Å². The number of imide groups is 1. The molecular weight excluding hydrogens is 240 g/mol. The van der Waals surface area contributed by atoms with Gasteiger partial charge in [-0.1, -0.05) is 17.7 Å². The van der Waals surface area contributed by atoms with Gasteiger partial charge in [0, 0.05) is 0 Å². The number of hydrogen-bond donors (Lipinski definition) is 1. The molecule has 0 unspecified atom stereocenters. The molecule has 2 fully saturated rings. The number of nitrogens with zero attached hydrogens (tertiary/aromatic N) is 1. The lowest BCUT2D eigenvalue weighted by Crippen LogP contribution is -2.39. The van der Waals surface area contributed by atoms with Crippen LogP contribution in [0.3, 0.4) is 0 Å². The molecular formula is C15H18N2O2. The first-order valence-electron chi connectivity index (χ1n) is 6.82. The number of nitrogens with one attached hydrogen (secondary N) is 1. The van der Waals surface area contributed by atoms with Crippen molar-refractivity contribution in [3.63, 3.8) is 0 Å². The molecule has 4 heteroatoms. The van der Waals surface area contributed by atoms with Crippen LogP contribution in [-0.4, -0.2) is 24.4 Å². The zero-order chi connectivity index (χ0) is 13.4. The maximum absolute atomic E-state index is 12.3. The summed E-state index contributed by atoms with van der Waals surface area (Å²) in [6.07, 6.45) is 2.76. The fraction of sp³-hybridized carbons (Fsp3) is 0.467. The molecule has 4 nitrogen and oxygen atoms in total. The summed E-state index contributed by atoms with van der Waals surface area (Å²) in [4.78, 5) is 25.6. The number of carbonyl (C=O) groups excluding carboxylic acids is 2. The number of hydrogen-bond acceptors (Lipinski definition) is 3. The Morgan fingerprint density at radius 2 is 1.89 bits per heavy atom. The second-order valence-electron chi connectivity index (χ2n) is 5.51. The molecule has 0 radical (unpaired) electrons. The van der Waals surface area contributed by atoms with E-state index in [9.17, 15) is 9.59 Å². The van der Waals surface area contributed by atoms with Gasteiger partial charge in [-0.3, -0.25) is 9.59 Å². The second-order valence-corrected chi connectivity index (χ2v) is 5.51. The van der Waals surface area contributed by atoms with Crippen LogP contribution in [0.2, 0.25) is 0 Å². The fourth-order valence-electron chi connectivity index (χ4n) is 2.39. The van der Waals surface area contributed by atoms with Gasteiger partial charge in [-0.15, -0.1) is 0 Å². The molecule has 1 saturated carbocycles. The van der Waals surface area contributed by atoms with Crippen LogP contribution in [0, 0.1) is 12.8 Å². The molecule has 1 aromatic rings. The van der Waals surface area contributed by atoms with E-state index >= 15 is 0 Å². The standard InChI is InChI=1S/C15H18N2O2/c1-10-2-6-12(7-3-10)17-14(18)8-13(15(17)19)16-9-11-4-5-11/h2-3,6-7,11,13,16H,4-5,8-9H2,1H3/t13-/m1/s1. The number of benzene rings is 1. The van der Waals surface area contributed by atoms with Gasteiger partial charge in [0.15, 0.2) is 0 Å². The molecule has 0 bridgehead atoms. The Labute approximate surface area is 112 Å². The van der Waals surface area contributed by atoms with E-state index in [1.807, 2.05) is 31.2 Å². The molecule has 1 aromatic carbocycles. The van der Waals surface area contributed by atoms with Crippen molar-refractivity contribution in [3.8, 4) is 0 Å². The van der Waals surface area contributed by atoms with Gasteiger partial charge in [0.05, 0.1) is 18.2 Å². The summed E-state index contributed by atoms with van der Waals surface area (Å²) >= 11 is 0. The molecule has 3 rings (SSSR count). The van der Waals surface area contributed by atoms with E-state index in [1.165, 1.54) is 17.7 Å². The Kier molecular flexibility index (Phi) is 3.11. The Morgan fingerprint density at radius 3 is 2.53 bits per heavy atom. The Balaban J connectivity index is 1.72. The highest BCUT2D eigenvalue weighted by Crippen LogP contribution is 2.29. The molecule has 2 aliphatic rings. The quantitative estimate of drug-likeness (QED) is 0.835. The molecule has 1 aliphatic heterocycles. The highest BCUT2D eigenvalue weighted by molar-refractivity contribution is 6.22. The maximum Gasteiger partial charge on any atom is 0.251 e. The van der Waals surface area contributed by atoms with Crippen LogP contribution < -0.4 is 10.2 Å². The molecule has 0 spiro atoms. The van der Waals surface area contributed by atoms with Crippen molar-refractivity contribution in [1.29, 1.82) is 0 Å². The summed E-state index contributed by atoms with van der Waals surface area (Å²) in [6.45, 7) is 2.84. The topological polar surface area (TPSA) is 49.4 Å². The second kappa shape index (κ2) is 4.78. The molecule has 1 aliphatic carbocycles. The van der Waals surface area contributed by atoms with E-state index in [0.29, 0.717) is 11.6 Å². The average molecular weight is 258 g/mol. The molecule has 100 valence electrons. The van der Waals surface area contributed by atoms with Gasteiger partial charge in [0.1, 0.15) is 0 Å². The summed E-state index contributed by atoms with van der Waals surface area (Å²) in [7, 11) is 0. The Hall–Kier alpha value is -1.68. The summed E-state index contributed by atoms with van der Waals surface area (Å²) in [5, 5.41) is 3.22. The third-order valence-electron chi connectivity index (χ3n) is 3.79. The van der Waals surface area contributed by atoms with Crippen molar-refractivity contribution in [1.82, 2.24) is 5.32 Å². The SMILES string of the molecule is Cc1ccc(N2C(=O)C[C@@H](NCC3CC3)C2=O)cc1. The van der Waals surface area contributed by atoms with Gasteiger partial charge in [-0.25, -0.2) is 4.90 Å². The first kappa shape index (κ1) is 12.4. The lowest BCUT2D eigenvalue weighted by molar-refractivity contribution is -0.121. The molecule has 1 N–H and O–H groups in total. The smallest absolute Gasteiger partial charge is 0.251 e. The van der Waals surface area contributed by atoms with E-state index in [4.69, 9.17) is 0 Å². The maximum atomic E-state index is 12.3. The van der Waals surface area contributed by atoms with Crippen molar-refractivity contribution in [2.75, 3.05) is 11.4 Å². The molecule has 2 amide bonds. The minimum Gasteiger partial charge on any atom is -0.305 e. The largest absolute Gasteiger partial charge is 0.305 e. The van der Waals surface area contributed by atoms with Gasteiger partial charge in [-0.2, -0.15) is 0 Å². The summed E-state index contributed by atoms with van der Waals surface area (Å²) in [6, 6.07) is 7.15. The van der Waals surface area contributed by atoms with E-state index in [2.05, 4.69) is 5.32 Å². The average Bonchev–Trinajstić information content (AvgIpc) is 3.16. The van der Waals surface area contributed by atoms with Crippen molar-refractivity contribution >= 4 is 17.5 Å². The van der Waals surface area contributed by atoms with Crippen LogP contribution in [-0.2, 0) is 9.59 Å². The van der Waals surface area contributed by atoms with Crippen molar-refractivity contribution < 1.29 is 9.59 Å². The minimum absolute atomic E-state index is 0.109. The van der Waals surface area contributed by atoms with E-state index in [-0.39, 0.29) is 24.3 Å². The first-order valence-corrected chi connectivity index (χ1v) is 6.82. The number of aryl methyl sites for hydroxylation is 1. The zero-order valence-electron chi connectivity index (χ0n) is 11.1. The highest BCUT2D eigenvalue weighted by Gasteiger charge is 2.39. The van der Waals surface area contributed by atoms with Crippen LogP contribution in [0.4, 0.5) is 5.69 Å². The fourth-order valence-corrected chi connectivity index (χ4v) is 2.39. The predicted octanol–water partition coefficient (Wildman–Crippen LogP) is 1.63. The van der Waals surface area contributed by atoms with Crippen LogP contribution in [0.5, 0.6) is 0 Å². The molecule has 1 saturated heterocycles. The highest BCUT2D eigenvalue weighted by atomic mass is 16.2. The number of carbonyl (C=O) groups is 2. The number of anilines is 1. The summed E-state index contributed by atoms with van der Waals surface area (Å²) < 4.78 is 0. The van der Waals surface area contributed by atoms with Gasteiger partial charge in [0.25, 0.3) is 5.91 Å². The number of rotatable bonds is 4.